The van der Waals surface area contributed by atoms with Crippen molar-refractivity contribution in [1.82, 2.24) is 10.3 Å². The number of rotatable bonds is 4. The number of aromatic nitrogens is 1. The highest BCUT2D eigenvalue weighted by Crippen LogP contribution is 2.26. The molecule has 27 heavy (non-hydrogen) atoms. The van der Waals surface area contributed by atoms with Crippen LogP contribution in [0.4, 0.5) is 5.69 Å². The molecule has 2 N–H and O–H groups in total. The van der Waals surface area contributed by atoms with E-state index in [2.05, 4.69) is 20.6 Å². The zero-order valence-corrected chi connectivity index (χ0v) is 15.0. The molecule has 2 aromatic rings. The van der Waals surface area contributed by atoms with Gasteiger partial charge in [0.2, 0.25) is 11.8 Å². The zero-order chi connectivity index (χ0) is 18.6. The normalized spacial score (nSPS) is 19.7. The van der Waals surface area contributed by atoms with Crippen LogP contribution >= 0.6 is 0 Å². The van der Waals surface area contributed by atoms with E-state index in [1.165, 1.54) is 0 Å². The number of pyridine rings is 1. The topological polar surface area (TPSA) is 83.5 Å². The molecule has 1 aliphatic heterocycles. The van der Waals surface area contributed by atoms with Crippen LogP contribution in [0.5, 0.6) is 0 Å². The largest absolute Gasteiger partial charge is 0.324 e. The summed E-state index contributed by atoms with van der Waals surface area (Å²) >= 11 is 0. The molecule has 0 radical (unpaired) electrons. The molecule has 0 saturated heterocycles. The molecule has 2 heterocycles. The van der Waals surface area contributed by atoms with Gasteiger partial charge in [0.25, 0.3) is 0 Å². The molecule has 1 aromatic heterocycles. The third-order valence-electron chi connectivity index (χ3n) is 5.19. The van der Waals surface area contributed by atoms with Crippen LogP contribution in [0.3, 0.4) is 0 Å². The Bertz CT molecular complexity index is 923. The number of fused-ring (bicyclic) bond motifs is 1. The highest BCUT2D eigenvalue weighted by molar-refractivity contribution is 6.03. The highest BCUT2D eigenvalue weighted by Gasteiger charge is 2.25. The van der Waals surface area contributed by atoms with Gasteiger partial charge < -0.3 is 10.6 Å². The Morgan fingerprint density at radius 3 is 2.67 bits per heavy atom. The van der Waals surface area contributed by atoms with Crippen LogP contribution in [-0.2, 0) is 9.59 Å². The smallest absolute Gasteiger partial charge is 0.231 e. The lowest BCUT2D eigenvalue weighted by molar-refractivity contribution is -0.124. The Morgan fingerprint density at radius 2 is 1.81 bits per heavy atom. The second-order valence-corrected chi connectivity index (χ2v) is 7.07. The van der Waals surface area contributed by atoms with E-state index >= 15 is 0 Å². The molecule has 1 saturated carbocycles. The number of benzene rings is 1. The first-order chi connectivity index (χ1) is 13.2. The summed E-state index contributed by atoms with van der Waals surface area (Å²) < 4.78 is 0. The van der Waals surface area contributed by atoms with Gasteiger partial charge in [0, 0.05) is 29.1 Å². The van der Waals surface area contributed by atoms with Crippen molar-refractivity contribution in [3.05, 3.63) is 48.6 Å². The molecule has 138 valence electrons. The van der Waals surface area contributed by atoms with Gasteiger partial charge in [-0.15, -0.1) is 0 Å². The summed E-state index contributed by atoms with van der Waals surface area (Å²) in [6.07, 6.45) is 11.4. The van der Waals surface area contributed by atoms with Crippen LogP contribution < -0.4 is 10.6 Å². The Kier molecular flexibility index (Phi) is 4.96. The third-order valence-corrected chi connectivity index (χ3v) is 5.19. The van der Waals surface area contributed by atoms with Gasteiger partial charge in [-0.2, -0.15) is 0 Å². The molecule has 2 aliphatic rings. The van der Waals surface area contributed by atoms with E-state index in [0.717, 1.165) is 36.5 Å². The van der Waals surface area contributed by atoms with Gasteiger partial charge in [-0.25, -0.2) is 4.99 Å². The van der Waals surface area contributed by atoms with Crippen LogP contribution in [0.1, 0.15) is 32.1 Å². The van der Waals surface area contributed by atoms with Crippen LogP contribution in [0.15, 0.2) is 53.5 Å². The molecular weight excluding hydrogens is 340 g/mol. The van der Waals surface area contributed by atoms with Crippen LogP contribution in [0.25, 0.3) is 10.8 Å². The van der Waals surface area contributed by atoms with Crippen LogP contribution in [0.2, 0.25) is 0 Å². The number of amides is 2. The molecule has 1 aromatic carbocycles. The molecule has 1 fully saturated rings. The number of hydrogen-bond donors (Lipinski definition) is 2. The maximum absolute atomic E-state index is 12.7. The molecule has 1 aliphatic carbocycles. The molecule has 4 rings (SSSR count). The van der Waals surface area contributed by atoms with E-state index in [1.807, 2.05) is 24.3 Å². The number of carbonyl (C=O) groups excluding carboxylic acids is 2. The summed E-state index contributed by atoms with van der Waals surface area (Å²) in [5.74, 6) is 0.0360. The second-order valence-electron chi connectivity index (χ2n) is 7.07. The molecule has 2 amide bonds. The summed E-state index contributed by atoms with van der Waals surface area (Å²) in [4.78, 5) is 33.5. The van der Waals surface area contributed by atoms with Crippen molar-refractivity contribution in [2.45, 2.75) is 32.1 Å². The molecule has 6 heteroatoms. The molecular formula is C21H22N4O2. The fourth-order valence-corrected chi connectivity index (χ4v) is 3.68. The standard InChI is InChI=1S/C21H22N4O2/c26-20(14-5-1-2-6-14)25-19-11-15(9-10-23-19)21(27)24-18-13-22-12-16-7-3-4-8-17(16)18/h3-4,7-8,10-15H,1-2,5-6,9H2,(H,24,27)(H,25,26). The van der Waals surface area contributed by atoms with E-state index in [-0.39, 0.29) is 23.7 Å². The number of hydrogen-bond acceptors (Lipinski definition) is 4. The average Bonchev–Trinajstić information content (AvgIpc) is 3.23. The minimum atomic E-state index is -0.375. The predicted molar refractivity (Wildman–Crippen MR) is 105 cm³/mol. The lowest BCUT2D eigenvalue weighted by Crippen LogP contribution is -2.31. The van der Waals surface area contributed by atoms with Gasteiger partial charge in [-0.1, -0.05) is 37.1 Å². The molecule has 1 unspecified atom stereocenters. The summed E-state index contributed by atoms with van der Waals surface area (Å²) in [6.45, 7) is 0. The lowest BCUT2D eigenvalue weighted by Gasteiger charge is -2.18. The van der Waals surface area contributed by atoms with Crippen molar-refractivity contribution in [2.75, 3.05) is 5.32 Å². The SMILES string of the molecule is O=C(Nc1cncc2ccccc12)C1C=C(NC(=O)C2CCCC2)N=CC1. The summed E-state index contributed by atoms with van der Waals surface area (Å²) in [5.41, 5.74) is 0.686. The van der Waals surface area contributed by atoms with Crippen LogP contribution in [-0.4, -0.2) is 23.0 Å². The van der Waals surface area contributed by atoms with Gasteiger partial charge >= 0.3 is 0 Å². The Morgan fingerprint density at radius 1 is 1.00 bits per heavy atom. The van der Waals surface area contributed by atoms with Gasteiger partial charge in [-0.05, 0) is 25.3 Å². The third kappa shape index (κ3) is 3.89. The molecule has 1 atom stereocenters. The quantitative estimate of drug-likeness (QED) is 0.874. The van der Waals surface area contributed by atoms with E-state index in [9.17, 15) is 9.59 Å². The fourth-order valence-electron chi connectivity index (χ4n) is 3.68. The average molecular weight is 362 g/mol. The van der Waals surface area contributed by atoms with Crippen molar-refractivity contribution in [3.8, 4) is 0 Å². The van der Waals surface area contributed by atoms with Crippen molar-refractivity contribution >= 4 is 34.5 Å². The fraction of sp³-hybridized carbons (Fsp3) is 0.333. The van der Waals surface area contributed by atoms with E-state index in [0.29, 0.717) is 17.9 Å². The second kappa shape index (κ2) is 7.70. The zero-order valence-electron chi connectivity index (χ0n) is 15.0. The van der Waals surface area contributed by atoms with Crippen molar-refractivity contribution in [2.24, 2.45) is 16.8 Å². The minimum Gasteiger partial charge on any atom is -0.324 e. The summed E-state index contributed by atoms with van der Waals surface area (Å²) in [6, 6.07) is 7.79. The van der Waals surface area contributed by atoms with E-state index < -0.39 is 0 Å². The Hall–Kier alpha value is -3.02. The van der Waals surface area contributed by atoms with E-state index in [1.54, 1.807) is 24.7 Å². The monoisotopic (exact) mass is 362 g/mol. The number of carbonyl (C=O) groups is 2. The molecule has 0 bridgehead atoms. The predicted octanol–water partition coefficient (Wildman–Crippen LogP) is 3.41. The first-order valence-corrected chi connectivity index (χ1v) is 9.39. The van der Waals surface area contributed by atoms with Gasteiger partial charge in [0.15, 0.2) is 0 Å². The molecule has 0 spiro atoms. The number of anilines is 1. The van der Waals surface area contributed by atoms with Crippen molar-refractivity contribution < 1.29 is 9.59 Å². The first-order valence-electron chi connectivity index (χ1n) is 9.39. The van der Waals surface area contributed by atoms with E-state index in [4.69, 9.17) is 0 Å². The Labute approximate surface area is 157 Å². The summed E-state index contributed by atoms with van der Waals surface area (Å²) in [7, 11) is 0. The van der Waals surface area contributed by atoms with Gasteiger partial charge in [0.1, 0.15) is 5.82 Å². The number of nitrogens with zero attached hydrogens (tertiary/aromatic N) is 2. The van der Waals surface area contributed by atoms with Crippen molar-refractivity contribution in [1.29, 1.82) is 0 Å². The van der Waals surface area contributed by atoms with Crippen LogP contribution in [0, 0.1) is 11.8 Å². The van der Waals surface area contributed by atoms with Crippen molar-refractivity contribution in [3.63, 3.8) is 0 Å². The lowest BCUT2D eigenvalue weighted by atomic mass is 10.0. The summed E-state index contributed by atoms with van der Waals surface area (Å²) in [5, 5.41) is 7.76. The number of aliphatic imine (C=N–C) groups is 1. The Balaban J connectivity index is 1.46. The van der Waals surface area contributed by atoms with Gasteiger partial charge in [-0.3, -0.25) is 14.6 Å². The minimum absolute atomic E-state index is 0.00946. The van der Waals surface area contributed by atoms with Gasteiger partial charge in [0.05, 0.1) is 17.8 Å². The maximum atomic E-state index is 12.7. The molecule has 6 nitrogen and oxygen atoms in total. The first kappa shape index (κ1) is 17.4. The maximum Gasteiger partial charge on any atom is 0.231 e. The number of nitrogens with one attached hydrogen (secondary N) is 2. The highest BCUT2D eigenvalue weighted by atomic mass is 16.2.